The number of hydrogen-bond donors (Lipinski definition) is 2. The molecule has 0 bridgehead atoms. The van der Waals surface area contributed by atoms with Crippen molar-refractivity contribution in [2.45, 2.75) is 36.3 Å². The van der Waals surface area contributed by atoms with Crippen LogP contribution in [0.2, 0.25) is 0 Å². The second-order valence-electron chi connectivity index (χ2n) is 3.57. The molecule has 0 aromatic rings. The SMILES string of the molecule is COC(O)C(F)(F)C(F)(F)C(F)(F)C(F)(F)C(O)OC. The molecule has 0 saturated heterocycles. The highest BCUT2D eigenvalue weighted by Crippen LogP contribution is 2.54. The normalized spacial score (nSPS) is 18.0. The standard InChI is InChI=1S/C8H10F8O4/c1-19-3(17)5(9,10)7(13,14)8(15,16)6(11,12)4(18)20-2/h3-4,17-18H,1-2H3. The van der Waals surface area contributed by atoms with E-state index in [-0.39, 0.29) is 14.2 Å². The summed E-state index contributed by atoms with van der Waals surface area (Å²) >= 11 is 0. The molecule has 0 fully saturated rings. The van der Waals surface area contributed by atoms with Crippen molar-refractivity contribution in [2.24, 2.45) is 0 Å². The minimum absolute atomic E-state index is 0.259. The minimum Gasteiger partial charge on any atom is -0.363 e. The zero-order valence-corrected chi connectivity index (χ0v) is 9.89. The van der Waals surface area contributed by atoms with Gasteiger partial charge in [0.25, 0.3) is 0 Å². The van der Waals surface area contributed by atoms with Gasteiger partial charge in [-0.1, -0.05) is 0 Å². The summed E-state index contributed by atoms with van der Waals surface area (Å²) in [6, 6.07) is 0. The molecule has 0 spiro atoms. The lowest BCUT2D eigenvalue weighted by atomic mass is 9.97. The number of rotatable bonds is 7. The number of aliphatic hydroxyl groups is 2. The molecule has 122 valence electrons. The van der Waals surface area contributed by atoms with Crippen molar-refractivity contribution in [2.75, 3.05) is 14.2 Å². The van der Waals surface area contributed by atoms with Crippen LogP contribution in [0.25, 0.3) is 0 Å². The van der Waals surface area contributed by atoms with Gasteiger partial charge in [-0.25, -0.2) is 0 Å². The quantitative estimate of drug-likeness (QED) is 0.550. The molecule has 0 aliphatic heterocycles. The molecule has 0 amide bonds. The Bertz CT molecular complexity index is 302. The van der Waals surface area contributed by atoms with Crippen LogP contribution in [0, 0.1) is 0 Å². The van der Waals surface area contributed by atoms with E-state index in [2.05, 4.69) is 9.47 Å². The van der Waals surface area contributed by atoms with Crippen LogP contribution in [0.1, 0.15) is 0 Å². The monoisotopic (exact) mass is 322 g/mol. The number of methoxy groups -OCH3 is 2. The topological polar surface area (TPSA) is 58.9 Å². The Morgan fingerprint density at radius 1 is 0.650 bits per heavy atom. The average molecular weight is 322 g/mol. The second kappa shape index (κ2) is 5.58. The van der Waals surface area contributed by atoms with Crippen LogP contribution >= 0.6 is 0 Å². The van der Waals surface area contributed by atoms with E-state index >= 15 is 0 Å². The first-order valence-electron chi connectivity index (χ1n) is 4.64. The lowest BCUT2D eigenvalue weighted by Crippen LogP contribution is -2.68. The fraction of sp³-hybridized carbons (Fsp3) is 1.00. The van der Waals surface area contributed by atoms with Crippen molar-refractivity contribution in [1.29, 1.82) is 0 Å². The predicted octanol–water partition coefficient (Wildman–Crippen LogP) is 1.46. The number of aliphatic hydroxyl groups excluding tert-OH is 2. The highest BCUT2D eigenvalue weighted by atomic mass is 19.4. The third kappa shape index (κ3) is 2.56. The maximum absolute atomic E-state index is 13.0. The highest BCUT2D eigenvalue weighted by Gasteiger charge is 2.84. The van der Waals surface area contributed by atoms with E-state index in [0.29, 0.717) is 0 Å². The third-order valence-corrected chi connectivity index (χ3v) is 2.30. The van der Waals surface area contributed by atoms with Crippen LogP contribution in [0.3, 0.4) is 0 Å². The number of ether oxygens (including phenoxy) is 2. The van der Waals surface area contributed by atoms with E-state index < -0.39 is 36.3 Å². The summed E-state index contributed by atoms with van der Waals surface area (Å²) in [7, 11) is 0.518. The molecule has 2 atom stereocenters. The maximum Gasteiger partial charge on any atom is 0.383 e. The van der Waals surface area contributed by atoms with Gasteiger partial charge in [-0.2, -0.15) is 35.1 Å². The molecular formula is C8H10F8O4. The van der Waals surface area contributed by atoms with Gasteiger partial charge in [0.15, 0.2) is 0 Å². The average Bonchev–Trinajstić information content (AvgIpc) is 2.35. The van der Waals surface area contributed by atoms with Gasteiger partial charge >= 0.3 is 23.7 Å². The Morgan fingerprint density at radius 2 is 0.850 bits per heavy atom. The lowest BCUT2D eigenvalue weighted by Gasteiger charge is -2.38. The van der Waals surface area contributed by atoms with Crippen LogP contribution in [0.4, 0.5) is 35.1 Å². The van der Waals surface area contributed by atoms with Crippen LogP contribution in [0.15, 0.2) is 0 Å². The molecular weight excluding hydrogens is 312 g/mol. The Labute approximate surface area is 106 Å². The second-order valence-corrected chi connectivity index (χ2v) is 3.57. The molecule has 0 heterocycles. The van der Waals surface area contributed by atoms with E-state index in [0.717, 1.165) is 0 Å². The minimum atomic E-state index is -6.75. The van der Waals surface area contributed by atoms with Crippen molar-refractivity contribution < 1.29 is 54.8 Å². The summed E-state index contributed by atoms with van der Waals surface area (Å²) in [4.78, 5) is 0. The van der Waals surface area contributed by atoms with Gasteiger partial charge in [0.1, 0.15) is 0 Å². The Hall–Kier alpha value is -0.720. The molecule has 0 radical (unpaired) electrons. The summed E-state index contributed by atoms with van der Waals surface area (Å²) in [5.74, 6) is -25.6. The van der Waals surface area contributed by atoms with E-state index in [1.165, 1.54) is 0 Å². The summed E-state index contributed by atoms with van der Waals surface area (Å²) in [6.07, 6.45) is -7.56. The van der Waals surface area contributed by atoms with E-state index in [1.54, 1.807) is 0 Å². The van der Waals surface area contributed by atoms with Gasteiger partial charge in [-0.15, -0.1) is 0 Å². The molecule has 0 saturated carbocycles. The summed E-state index contributed by atoms with van der Waals surface area (Å²) < 4.78 is 111. The summed E-state index contributed by atoms with van der Waals surface area (Å²) in [6.45, 7) is 0. The molecule has 0 aliphatic rings. The zero-order valence-electron chi connectivity index (χ0n) is 9.89. The maximum atomic E-state index is 13.0. The highest BCUT2D eigenvalue weighted by molar-refractivity contribution is 5.05. The molecule has 12 heteroatoms. The Balaban J connectivity index is 5.79. The summed E-state index contributed by atoms with van der Waals surface area (Å²) in [5.41, 5.74) is 0. The largest absolute Gasteiger partial charge is 0.383 e. The zero-order chi connectivity index (χ0) is 16.6. The van der Waals surface area contributed by atoms with Gasteiger partial charge in [-0.3, -0.25) is 0 Å². The van der Waals surface area contributed by atoms with Gasteiger partial charge in [0.2, 0.25) is 12.6 Å². The Morgan fingerprint density at radius 3 is 1.00 bits per heavy atom. The van der Waals surface area contributed by atoms with Crippen LogP contribution in [-0.4, -0.2) is 60.7 Å². The van der Waals surface area contributed by atoms with Gasteiger partial charge < -0.3 is 19.7 Å². The molecule has 2 N–H and O–H groups in total. The fourth-order valence-corrected chi connectivity index (χ4v) is 1.02. The Kier molecular flexibility index (Phi) is 5.38. The third-order valence-electron chi connectivity index (χ3n) is 2.30. The van der Waals surface area contributed by atoms with Gasteiger partial charge in [0.05, 0.1) is 0 Å². The number of halogens is 8. The first-order valence-corrected chi connectivity index (χ1v) is 4.64. The molecule has 4 nitrogen and oxygen atoms in total. The fourth-order valence-electron chi connectivity index (χ4n) is 1.02. The first-order chi connectivity index (χ1) is 8.71. The van der Waals surface area contributed by atoms with Crippen LogP contribution in [-0.2, 0) is 9.47 Å². The summed E-state index contributed by atoms with van der Waals surface area (Å²) in [5, 5.41) is 16.8. The molecule has 20 heavy (non-hydrogen) atoms. The number of alkyl halides is 8. The van der Waals surface area contributed by atoms with Crippen LogP contribution < -0.4 is 0 Å². The van der Waals surface area contributed by atoms with Crippen LogP contribution in [0.5, 0.6) is 0 Å². The van der Waals surface area contributed by atoms with Crippen molar-refractivity contribution in [3.63, 3.8) is 0 Å². The van der Waals surface area contributed by atoms with Gasteiger partial charge in [-0.05, 0) is 0 Å². The molecule has 0 aromatic carbocycles. The van der Waals surface area contributed by atoms with E-state index in [4.69, 9.17) is 10.2 Å². The van der Waals surface area contributed by atoms with Crippen molar-refractivity contribution in [3.05, 3.63) is 0 Å². The van der Waals surface area contributed by atoms with Gasteiger partial charge in [0, 0.05) is 14.2 Å². The molecule has 2 unspecified atom stereocenters. The van der Waals surface area contributed by atoms with Crippen molar-refractivity contribution in [1.82, 2.24) is 0 Å². The molecule has 0 rings (SSSR count). The predicted molar refractivity (Wildman–Crippen MR) is 45.8 cm³/mol. The lowest BCUT2D eigenvalue weighted by molar-refractivity contribution is -0.420. The molecule has 0 aliphatic carbocycles. The molecule has 0 aromatic heterocycles. The smallest absolute Gasteiger partial charge is 0.363 e. The van der Waals surface area contributed by atoms with E-state index in [1.807, 2.05) is 0 Å². The van der Waals surface area contributed by atoms with Crippen molar-refractivity contribution >= 4 is 0 Å². The first kappa shape index (κ1) is 19.3. The number of hydrogen-bond acceptors (Lipinski definition) is 4. The van der Waals surface area contributed by atoms with E-state index in [9.17, 15) is 35.1 Å². The van der Waals surface area contributed by atoms with Crippen molar-refractivity contribution in [3.8, 4) is 0 Å².